The van der Waals surface area contributed by atoms with Crippen molar-refractivity contribution in [2.24, 2.45) is 5.92 Å². The van der Waals surface area contributed by atoms with Crippen LogP contribution in [0.2, 0.25) is 0 Å². The molecule has 2 atom stereocenters. The Morgan fingerprint density at radius 1 is 1.32 bits per heavy atom. The van der Waals surface area contributed by atoms with Gasteiger partial charge in [0.1, 0.15) is 5.82 Å². The van der Waals surface area contributed by atoms with Gasteiger partial charge in [-0.2, -0.15) is 0 Å². The predicted molar refractivity (Wildman–Crippen MR) is 74.7 cm³/mol. The van der Waals surface area contributed by atoms with Gasteiger partial charge in [0.2, 0.25) is 0 Å². The van der Waals surface area contributed by atoms with Gasteiger partial charge in [-0.05, 0) is 49.4 Å². The van der Waals surface area contributed by atoms with Gasteiger partial charge in [0.05, 0.1) is 0 Å². The molecule has 1 aromatic carbocycles. The third-order valence-electron chi connectivity index (χ3n) is 3.84. The molecule has 1 fully saturated rings. The van der Waals surface area contributed by atoms with Crippen molar-refractivity contribution >= 4 is 11.7 Å². The maximum absolute atomic E-state index is 13.1. The molecule has 2 N–H and O–H groups in total. The highest BCUT2D eigenvalue weighted by Crippen LogP contribution is 2.23. The average Bonchev–Trinajstić information content (AvgIpc) is 2.37. The average molecular weight is 264 g/mol. The van der Waals surface area contributed by atoms with Crippen LogP contribution in [-0.2, 0) is 0 Å². The summed E-state index contributed by atoms with van der Waals surface area (Å²) >= 11 is 0. The quantitative estimate of drug-likeness (QED) is 0.837. The summed E-state index contributed by atoms with van der Waals surface area (Å²) in [5.41, 5.74) is 1.16. The standard InChI is InChI=1S/C15H21FN2O/c1-10-5-3-4-6-14(10)18-15(19)17-12-7-8-13(16)11(2)9-12/h7-10,14H,3-6H2,1-2H3,(H2,17,18,19). The predicted octanol–water partition coefficient (Wildman–Crippen LogP) is 3.83. The lowest BCUT2D eigenvalue weighted by Gasteiger charge is -2.29. The second-order valence-corrected chi connectivity index (χ2v) is 5.43. The first kappa shape index (κ1) is 13.8. The highest BCUT2D eigenvalue weighted by atomic mass is 19.1. The molecular weight excluding hydrogens is 243 g/mol. The van der Waals surface area contributed by atoms with E-state index >= 15 is 0 Å². The second-order valence-electron chi connectivity index (χ2n) is 5.43. The zero-order chi connectivity index (χ0) is 13.8. The van der Waals surface area contributed by atoms with Crippen molar-refractivity contribution in [1.82, 2.24) is 5.32 Å². The molecule has 2 amide bonds. The van der Waals surface area contributed by atoms with Gasteiger partial charge in [-0.1, -0.05) is 19.8 Å². The Balaban J connectivity index is 1.91. The number of aryl methyl sites for hydroxylation is 1. The van der Waals surface area contributed by atoms with Gasteiger partial charge in [-0.25, -0.2) is 9.18 Å². The van der Waals surface area contributed by atoms with Crippen LogP contribution in [0.4, 0.5) is 14.9 Å². The molecule has 1 saturated carbocycles. The Kier molecular flexibility index (Phi) is 4.40. The van der Waals surface area contributed by atoms with Crippen LogP contribution in [0.3, 0.4) is 0 Å². The van der Waals surface area contributed by atoms with E-state index in [4.69, 9.17) is 0 Å². The van der Waals surface area contributed by atoms with E-state index in [2.05, 4.69) is 17.6 Å². The minimum Gasteiger partial charge on any atom is -0.335 e. The van der Waals surface area contributed by atoms with Crippen LogP contribution >= 0.6 is 0 Å². The molecule has 3 nitrogen and oxygen atoms in total. The number of amides is 2. The zero-order valence-electron chi connectivity index (χ0n) is 11.5. The van der Waals surface area contributed by atoms with Gasteiger partial charge < -0.3 is 10.6 Å². The summed E-state index contributed by atoms with van der Waals surface area (Å²) in [5.74, 6) is 0.265. The number of carbonyl (C=O) groups excluding carboxylic acids is 1. The lowest BCUT2D eigenvalue weighted by molar-refractivity contribution is 0.232. The molecule has 1 aromatic rings. The monoisotopic (exact) mass is 264 g/mol. The molecular formula is C15H21FN2O. The van der Waals surface area contributed by atoms with Crippen molar-refractivity contribution in [2.75, 3.05) is 5.32 Å². The number of nitrogens with one attached hydrogen (secondary N) is 2. The number of anilines is 1. The third kappa shape index (κ3) is 3.69. The van der Waals surface area contributed by atoms with Crippen LogP contribution in [0, 0.1) is 18.7 Å². The van der Waals surface area contributed by atoms with Gasteiger partial charge in [-0.15, -0.1) is 0 Å². The van der Waals surface area contributed by atoms with Crippen LogP contribution in [0.1, 0.15) is 38.2 Å². The summed E-state index contributed by atoms with van der Waals surface area (Å²) in [6.45, 7) is 3.85. The number of halogens is 1. The second kappa shape index (κ2) is 6.04. The molecule has 0 bridgehead atoms. The van der Waals surface area contributed by atoms with E-state index in [-0.39, 0.29) is 17.9 Å². The van der Waals surface area contributed by atoms with Crippen LogP contribution in [-0.4, -0.2) is 12.1 Å². The maximum Gasteiger partial charge on any atom is 0.319 e. The highest BCUT2D eigenvalue weighted by molar-refractivity contribution is 5.89. The maximum atomic E-state index is 13.1. The SMILES string of the molecule is Cc1cc(NC(=O)NC2CCCCC2C)ccc1F. The van der Waals surface area contributed by atoms with Crippen molar-refractivity contribution in [1.29, 1.82) is 0 Å². The van der Waals surface area contributed by atoms with Crippen molar-refractivity contribution in [3.63, 3.8) is 0 Å². The minimum absolute atomic E-state index is 0.204. The van der Waals surface area contributed by atoms with E-state index in [0.717, 1.165) is 6.42 Å². The summed E-state index contributed by atoms with van der Waals surface area (Å²) in [6, 6.07) is 4.62. The molecule has 1 aliphatic rings. The van der Waals surface area contributed by atoms with Crippen molar-refractivity contribution in [2.45, 2.75) is 45.6 Å². The van der Waals surface area contributed by atoms with Gasteiger partial charge in [0.25, 0.3) is 0 Å². The Morgan fingerprint density at radius 2 is 2.05 bits per heavy atom. The molecule has 2 rings (SSSR count). The molecule has 104 valence electrons. The molecule has 0 radical (unpaired) electrons. The summed E-state index contributed by atoms with van der Waals surface area (Å²) in [5, 5.41) is 5.77. The van der Waals surface area contributed by atoms with Gasteiger partial charge in [-0.3, -0.25) is 0 Å². The van der Waals surface area contributed by atoms with E-state index < -0.39 is 0 Å². The van der Waals surface area contributed by atoms with Crippen molar-refractivity contribution < 1.29 is 9.18 Å². The van der Waals surface area contributed by atoms with E-state index in [1.54, 1.807) is 19.1 Å². The Hall–Kier alpha value is -1.58. The Morgan fingerprint density at radius 3 is 2.74 bits per heavy atom. The highest BCUT2D eigenvalue weighted by Gasteiger charge is 2.22. The number of hydrogen-bond donors (Lipinski definition) is 2. The van der Waals surface area contributed by atoms with Gasteiger partial charge in [0, 0.05) is 11.7 Å². The number of carbonyl (C=O) groups is 1. The molecule has 0 aromatic heterocycles. The van der Waals surface area contributed by atoms with Crippen LogP contribution in [0.25, 0.3) is 0 Å². The normalized spacial score (nSPS) is 22.9. The summed E-state index contributed by atoms with van der Waals surface area (Å²) in [6.07, 6.45) is 4.63. The largest absolute Gasteiger partial charge is 0.335 e. The van der Waals surface area contributed by atoms with Crippen molar-refractivity contribution in [3.05, 3.63) is 29.6 Å². The van der Waals surface area contributed by atoms with Crippen LogP contribution in [0.5, 0.6) is 0 Å². The van der Waals surface area contributed by atoms with E-state index in [9.17, 15) is 9.18 Å². The number of benzene rings is 1. The third-order valence-corrected chi connectivity index (χ3v) is 3.84. The molecule has 2 unspecified atom stereocenters. The first-order chi connectivity index (χ1) is 9.06. The smallest absolute Gasteiger partial charge is 0.319 e. The topological polar surface area (TPSA) is 41.1 Å². The van der Waals surface area contributed by atoms with E-state index in [1.165, 1.54) is 25.3 Å². The molecule has 4 heteroatoms. The van der Waals surface area contributed by atoms with Gasteiger partial charge in [0.15, 0.2) is 0 Å². The van der Waals surface area contributed by atoms with E-state index in [1.807, 2.05) is 0 Å². The summed E-state index contributed by atoms with van der Waals surface area (Å²) in [4.78, 5) is 11.9. The Labute approximate surface area is 113 Å². The lowest BCUT2D eigenvalue weighted by Crippen LogP contribution is -2.43. The zero-order valence-corrected chi connectivity index (χ0v) is 11.5. The van der Waals surface area contributed by atoms with Gasteiger partial charge >= 0.3 is 6.03 Å². The summed E-state index contributed by atoms with van der Waals surface area (Å²) < 4.78 is 13.1. The number of rotatable bonds is 2. The fraction of sp³-hybridized carbons (Fsp3) is 0.533. The molecule has 19 heavy (non-hydrogen) atoms. The first-order valence-corrected chi connectivity index (χ1v) is 6.90. The molecule has 1 aliphatic carbocycles. The fourth-order valence-corrected chi connectivity index (χ4v) is 2.59. The van der Waals surface area contributed by atoms with E-state index in [0.29, 0.717) is 17.2 Å². The Bertz CT molecular complexity index is 461. The molecule has 0 spiro atoms. The molecule has 0 heterocycles. The van der Waals surface area contributed by atoms with Crippen LogP contribution < -0.4 is 10.6 Å². The first-order valence-electron chi connectivity index (χ1n) is 6.90. The molecule has 0 saturated heterocycles. The number of hydrogen-bond acceptors (Lipinski definition) is 1. The van der Waals surface area contributed by atoms with Crippen LogP contribution in [0.15, 0.2) is 18.2 Å². The number of urea groups is 1. The fourth-order valence-electron chi connectivity index (χ4n) is 2.59. The molecule has 0 aliphatic heterocycles. The minimum atomic E-state index is -0.258. The van der Waals surface area contributed by atoms with Crippen molar-refractivity contribution in [3.8, 4) is 0 Å². The summed E-state index contributed by atoms with van der Waals surface area (Å²) in [7, 11) is 0. The lowest BCUT2D eigenvalue weighted by atomic mass is 9.86.